The van der Waals surface area contributed by atoms with Crippen LogP contribution in [-0.2, 0) is 13.5 Å². The quantitative estimate of drug-likeness (QED) is 0.837. The Balaban J connectivity index is 2.93. The van der Waals surface area contributed by atoms with E-state index in [0.29, 0.717) is 0 Å². The predicted octanol–water partition coefficient (Wildman–Crippen LogP) is 1.38. The molecule has 4 heteroatoms. The molecule has 1 aromatic heterocycles. The Kier molecular flexibility index (Phi) is 2.90. The first-order valence-corrected chi connectivity index (χ1v) is 4.75. The van der Waals surface area contributed by atoms with Crippen LogP contribution in [0.5, 0.6) is 0 Å². The Morgan fingerprint density at radius 3 is 2.58 bits per heavy atom. The number of aromatic nitrogens is 2. The van der Waals surface area contributed by atoms with Crippen molar-refractivity contribution in [2.75, 3.05) is 0 Å². The van der Waals surface area contributed by atoms with Crippen LogP contribution in [0, 0.1) is 6.92 Å². The molecule has 0 saturated heterocycles. The molecule has 1 rings (SSSR count). The summed E-state index contributed by atoms with van der Waals surface area (Å²) in [5, 5.41) is 4.34. The van der Waals surface area contributed by atoms with Crippen molar-refractivity contribution in [3.05, 3.63) is 15.9 Å². The summed E-state index contributed by atoms with van der Waals surface area (Å²) in [6, 6.07) is 0.172. The zero-order valence-electron chi connectivity index (χ0n) is 7.63. The topological polar surface area (TPSA) is 43.8 Å². The highest BCUT2D eigenvalue weighted by Gasteiger charge is 2.10. The van der Waals surface area contributed by atoms with Gasteiger partial charge < -0.3 is 5.73 Å². The number of rotatable bonds is 2. The zero-order chi connectivity index (χ0) is 9.30. The number of hydrogen-bond donors (Lipinski definition) is 1. The van der Waals surface area contributed by atoms with E-state index in [1.165, 1.54) is 5.56 Å². The SMILES string of the molecule is Cc1c(CC(C)N)nn(C)c1Br. The standard InChI is InChI=1S/C8H14BrN3/c1-5(10)4-7-6(2)8(9)12(3)11-7/h5H,4,10H2,1-3H3. The molecule has 0 fully saturated rings. The lowest BCUT2D eigenvalue weighted by atomic mass is 10.1. The second kappa shape index (κ2) is 3.58. The lowest BCUT2D eigenvalue weighted by Crippen LogP contribution is -2.18. The van der Waals surface area contributed by atoms with Crippen LogP contribution < -0.4 is 5.73 Å². The van der Waals surface area contributed by atoms with Gasteiger partial charge in [-0.1, -0.05) is 0 Å². The fraction of sp³-hybridized carbons (Fsp3) is 0.625. The summed E-state index contributed by atoms with van der Waals surface area (Å²) in [6.45, 7) is 4.04. The van der Waals surface area contributed by atoms with E-state index in [4.69, 9.17) is 5.73 Å². The highest BCUT2D eigenvalue weighted by molar-refractivity contribution is 9.10. The van der Waals surface area contributed by atoms with Crippen molar-refractivity contribution < 1.29 is 0 Å². The molecule has 0 aliphatic rings. The smallest absolute Gasteiger partial charge is 0.106 e. The molecule has 0 radical (unpaired) electrons. The van der Waals surface area contributed by atoms with Crippen LogP contribution in [0.1, 0.15) is 18.2 Å². The summed E-state index contributed by atoms with van der Waals surface area (Å²) in [6.07, 6.45) is 0.839. The molecule has 0 aliphatic heterocycles. The van der Waals surface area contributed by atoms with Gasteiger partial charge in [-0.15, -0.1) is 0 Å². The second-order valence-corrected chi connectivity index (χ2v) is 3.92. The minimum absolute atomic E-state index is 0.172. The fourth-order valence-electron chi connectivity index (χ4n) is 1.16. The van der Waals surface area contributed by atoms with Crippen LogP contribution in [0.2, 0.25) is 0 Å². The molecule has 1 aromatic rings. The Morgan fingerprint density at radius 2 is 2.25 bits per heavy atom. The van der Waals surface area contributed by atoms with Crippen molar-refractivity contribution in [3.8, 4) is 0 Å². The molecule has 0 aromatic carbocycles. The van der Waals surface area contributed by atoms with E-state index in [1.807, 2.05) is 18.7 Å². The van der Waals surface area contributed by atoms with Crippen LogP contribution in [0.4, 0.5) is 0 Å². The molecular formula is C8H14BrN3. The van der Waals surface area contributed by atoms with Crippen LogP contribution in [0.3, 0.4) is 0 Å². The molecule has 2 N–H and O–H groups in total. The van der Waals surface area contributed by atoms with Gasteiger partial charge >= 0.3 is 0 Å². The van der Waals surface area contributed by atoms with E-state index in [1.54, 1.807) is 0 Å². The number of nitrogens with zero attached hydrogens (tertiary/aromatic N) is 2. The van der Waals surface area contributed by atoms with Crippen LogP contribution in [0.15, 0.2) is 4.60 Å². The summed E-state index contributed by atoms with van der Waals surface area (Å²) < 4.78 is 2.87. The summed E-state index contributed by atoms with van der Waals surface area (Å²) in [7, 11) is 1.92. The molecule has 1 unspecified atom stereocenters. The van der Waals surface area contributed by atoms with Gasteiger partial charge in [0.2, 0.25) is 0 Å². The number of aryl methyl sites for hydroxylation is 1. The summed E-state index contributed by atoms with van der Waals surface area (Å²) in [4.78, 5) is 0. The Labute approximate surface area is 81.1 Å². The fourth-order valence-corrected chi connectivity index (χ4v) is 1.47. The van der Waals surface area contributed by atoms with E-state index < -0.39 is 0 Å². The monoisotopic (exact) mass is 231 g/mol. The van der Waals surface area contributed by atoms with Crippen LogP contribution in [-0.4, -0.2) is 15.8 Å². The third-order valence-electron chi connectivity index (χ3n) is 1.81. The normalized spacial score (nSPS) is 13.4. The molecule has 3 nitrogen and oxygen atoms in total. The molecule has 12 heavy (non-hydrogen) atoms. The van der Waals surface area contributed by atoms with Gasteiger partial charge in [0, 0.05) is 25.1 Å². The third kappa shape index (κ3) is 1.87. The van der Waals surface area contributed by atoms with E-state index in [2.05, 4.69) is 28.0 Å². The molecule has 1 heterocycles. The van der Waals surface area contributed by atoms with Gasteiger partial charge in [0.05, 0.1) is 5.69 Å². The Hall–Kier alpha value is -0.350. The summed E-state index contributed by atoms with van der Waals surface area (Å²) in [5.74, 6) is 0. The average molecular weight is 232 g/mol. The zero-order valence-corrected chi connectivity index (χ0v) is 9.22. The van der Waals surface area contributed by atoms with E-state index in [-0.39, 0.29) is 6.04 Å². The van der Waals surface area contributed by atoms with E-state index >= 15 is 0 Å². The van der Waals surface area contributed by atoms with Gasteiger partial charge in [-0.05, 0) is 29.8 Å². The molecule has 0 spiro atoms. The predicted molar refractivity (Wildman–Crippen MR) is 53.0 cm³/mol. The Bertz CT molecular complexity index is 278. The molecule has 0 aliphatic carbocycles. The first-order chi connectivity index (χ1) is 5.52. The lowest BCUT2D eigenvalue weighted by molar-refractivity contribution is 0.680. The maximum atomic E-state index is 5.69. The molecular weight excluding hydrogens is 218 g/mol. The van der Waals surface area contributed by atoms with Gasteiger partial charge in [0.15, 0.2) is 0 Å². The number of hydrogen-bond acceptors (Lipinski definition) is 2. The minimum Gasteiger partial charge on any atom is -0.328 e. The van der Waals surface area contributed by atoms with Gasteiger partial charge in [0.1, 0.15) is 4.60 Å². The van der Waals surface area contributed by atoms with Crippen molar-refractivity contribution in [2.24, 2.45) is 12.8 Å². The van der Waals surface area contributed by atoms with Gasteiger partial charge in [-0.2, -0.15) is 5.10 Å². The largest absolute Gasteiger partial charge is 0.328 e. The molecule has 68 valence electrons. The van der Waals surface area contributed by atoms with E-state index in [9.17, 15) is 0 Å². The van der Waals surface area contributed by atoms with Crippen molar-refractivity contribution in [3.63, 3.8) is 0 Å². The van der Waals surface area contributed by atoms with Crippen molar-refractivity contribution >= 4 is 15.9 Å². The maximum Gasteiger partial charge on any atom is 0.106 e. The third-order valence-corrected chi connectivity index (χ3v) is 2.92. The summed E-state index contributed by atoms with van der Waals surface area (Å²) in [5.41, 5.74) is 7.96. The number of nitrogens with two attached hydrogens (primary N) is 1. The maximum absolute atomic E-state index is 5.69. The molecule has 0 saturated carbocycles. The first kappa shape index (κ1) is 9.74. The minimum atomic E-state index is 0.172. The molecule has 0 bridgehead atoms. The van der Waals surface area contributed by atoms with Gasteiger partial charge in [-0.25, -0.2) is 0 Å². The van der Waals surface area contributed by atoms with Crippen molar-refractivity contribution in [1.29, 1.82) is 0 Å². The lowest BCUT2D eigenvalue weighted by Gasteiger charge is -2.01. The molecule has 0 amide bonds. The average Bonchev–Trinajstić information content (AvgIpc) is 2.17. The van der Waals surface area contributed by atoms with Crippen molar-refractivity contribution in [1.82, 2.24) is 9.78 Å². The Morgan fingerprint density at radius 1 is 1.67 bits per heavy atom. The van der Waals surface area contributed by atoms with E-state index in [0.717, 1.165) is 16.7 Å². The number of halogens is 1. The van der Waals surface area contributed by atoms with Gasteiger partial charge in [0.25, 0.3) is 0 Å². The highest BCUT2D eigenvalue weighted by Crippen LogP contribution is 2.18. The summed E-state index contributed by atoms with van der Waals surface area (Å²) >= 11 is 3.45. The first-order valence-electron chi connectivity index (χ1n) is 3.96. The van der Waals surface area contributed by atoms with Crippen molar-refractivity contribution in [2.45, 2.75) is 26.3 Å². The van der Waals surface area contributed by atoms with Crippen LogP contribution in [0.25, 0.3) is 0 Å². The van der Waals surface area contributed by atoms with Crippen LogP contribution >= 0.6 is 15.9 Å². The second-order valence-electron chi connectivity index (χ2n) is 3.17. The molecule has 1 atom stereocenters. The van der Waals surface area contributed by atoms with Gasteiger partial charge in [-0.3, -0.25) is 4.68 Å². The highest BCUT2D eigenvalue weighted by atomic mass is 79.9.